The number of ether oxygens (including phenoxy) is 4. The van der Waals surface area contributed by atoms with Gasteiger partial charge in [0, 0.05) is 26.0 Å². The minimum absolute atomic E-state index is 0.0712. The fourth-order valence-electron chi connectivity index (χ4n) is 1.43. The summed E-state index contributed by atoms with van der Waals surface area (Å²) in [5.41, 5.74) is 0. The molecule has 0 rings (SSSR count). The zero-order valence-electron chi connectivity index (χ0n) is 16.1. The maximum atomic E-state index is 11.6. The van der Waals surface area contributed by atoms with Gasteiger partial charge in [0.25, 0.3) is 0 Å². The standard InChI is InChI=1S/C17H28O8S/c1-10(2)15(19)23-12(5)22-14(18)8-7-9-26-17(21)25-13(6)24-16(20)11(3)4/h10-13H,7-9H2,1-6H3. The van der Waals surface area contributed by atoms with Gasteiger partial charge in [-0.05, 0) is 18.2 Å². The van der Waals surface area contributed by atoms with Crippen LogP contribution in [0.15, 0.2) is 0 Å². The second kappa shape index (κ2) is 12.6. The van der Waals surface area contributed by atoms with Crippen LogP contribution in [0, 0.1) is 11.8 Å². The summed E-state index contributed by atoms with van der Waals surface area (Å²) in [6.45, 7) is 9.63. The Labute approximate surface area is 158 Å². The van der Waals surface area contributed by atoms with Crippen molar-refractivity contribution in [3.05, 3.63) is 0 Å². The first kappa shape index (κ1) is 24.2. The highest BCUT2D eigenvalue weighted by Crippen LogP contribution is 2.13. The van der Waals surface area contributed by atoms with Gasteiger partial charge in [-0.25, -0.2) is 4.79 Å². The lowest BCUT2D eigenvalue weighted by Gasteiger charge is -2.15. The van der Waals surface area contributed by atoms with Crippen LogP contribution >= 0.6 is 11.8 Å². The quantitative estimate of drug-likeness (QED) is 0.314. The van der Waals surface area contributed by atoms with Gasteiger partial charge in [0.1, 0.15) is 0 Å². The number of hydrogen-bond donors (Lipinski definition) is 0. The second-order valence-electron chi connectivity index (χ2n) is 6.13. The Balaban J connectivity index is 3.90. The van der Waals surface area contributed by atoms with Gasteiger partial charge in [0.2, 0.25) is 12.6 Å². The first-order chi connectivity index (χ1) is 12.0. The highest BCUT2D eigenvalue weighted by molar-refractivity contribution is 8.13. The van der Waals surface area contributed by atoms with Crippen LogP contribution in [0.3, 0.4) is 0 Å². The summed E-state index contributed by atoms with van der Waals surface area (Å²) in [5.74, 6) is -1.71. The molecule has 0 saturated heterocycles. The van der Waals surface area contributed by atoms with Gasteiger partial charge in [-0.1, -0.05) is 27.7 Å². The third-order valence-corrected chi connectivity index (χ3v) is 3.64. The molecule has 0 saturated carbocycles. The lowest BCUT2D eigenvalue weighted by atomic mass is 10.2. The van der Waals surface area contributed by atoms with Crippen LogP contribution in [0.2, 0.25) is 0 Å². The molecule has 0 bridgehead atoms. The lowest BCUT2D eigenvalue weighted by molar-refractivity contribution is -0.186. The van der Waals surface area contributed by atoms with Crippen molar-refractivity contribution < 1.29 is 38.1 Å². The molecule has 0 N–H and O–H groups in total. The number of carbonyl (C=O) groups is 4. The molecule has 150 valence electrons. The molecule has 0 amide bonds. The van der Waals surface area contributed by atoms with Crippen molar-refractivity contribution in [1.29, 1.82) is 0 Å². The number of hydrogen-bond acceptors (Lipinski definition) is 9. The fourth-order valence-corrected chi connectivity index (χ4v) is 2.09. The Hall–Kier alpha value is -1.77. The molecule has 0 spiro atoms. The van der Waals surface area contributed by atoms with E-state index in [0.717, 1.165) is 11.8 Å². The van der Waals surface area contributed by atoms with Crippen LogP contribution in [-0.4, -0.2) is 41.5 Å². The van der Waals surface area contributed by atoms with Crippen LogP contribution in [0.1, 0.15) is 54.4 Å². The van der Waals surface area contributed by atoms with E-state index in [1.807, 2.05) is 0 Å². The third-order valence-electron chi connectivity index (χ3n) is 2.81. The Morgan fingerprint density at radius 2 is 1.19 bits per heavy atom. The van der Waals surface area contributed by atoms with Gasteiger partial charge in [-0.3, -0.25) is 14.4 Å². The summed E-state index contributed by atoms with van der Waals surface area (Å²) < 4.78 is 19.7. The minimum Gasteiger partial charge on any atom is -0.425 e. The number of carbonyl (C=O) groups excluding carboxylic acids is 4. The Morgan fingerprint density at radius 1 is 0.731 bits per heavy atom. The molecule has 2 unspecified atom stereocenters. The smallest absolute Gasteiger partial charge is 0.370 e. The highest BCUT2D eigenvalue weighted by Gasteiger charge is 2.18. The van der Waals surface area contributed by atoms with Crippen LogP contribution in [0.25, 0.3) is 0 Å². The van der Waals surface area contributed by atoms with E-state index in [0.29, 0.717) is 12.2 Å². The molecule has 0 aliphatic carbocycles. The van der Waals surface area contributed by atoms with E-state index in [2.05, 4.69) is 0 Å². The Morgan fingerprint density at radius 3 is 1.65 bits per heavy atom. The van der Waals surface area contributed by atoms with Gasteiger partial charge in [0.05, 0.1) is 11.8 Å². The SMILES string of the molecule is CC(OC(=O)CCCSC(=O)OC(C)OC(=O)C(C)C)OC(=O)C(C)C. The van der Waals surface area contributed by atoms with Crippen molar-refractivity contribution in [2.24, 2.45) is 11.8 Å². The van der Waals surface area contributed by atoms with Crippen molar-refractivity contribution in [1.82, 2.24) is 0 Å². The summed E-state index contributed by atoms with van der Waals surface area (Å²) in [4.78, 5) is 45.9. The molecular weight excluding hydrogens is 364 g/mol. The topological polar surface area (TPSA) is 105 Å². The van der Waals surface area contributed by atoms with Gasteiger partial charge in [-0.2, -0.15) is 0 Å². The Kier molecular flexibility index (Phi) is 11.7. The molecule has 0 aliphatic heterocycles. The Bertz CT molecular complexity index is 445. The van der Waals surface area contributed by atoms with E-state index in [1.165, 1.54) is 13.8 Å². The summed E-state index contributed by atoms with van der Waals surface area (Å²) in [5, 5.41) is -0.596. The van der Waals surface area contributed by atoms with Crippen molar-refractivity contribution in [3.8, 4) is 0 Å². The monoisotopic (exact) mass is 392 g/mol. The van der Waals surface area contributed by atoms with E-state index in [4.69, 9.17) is 18.9 Å². The molecule has 0 aromatic rings. The van der Waals surface area contributed by atoms with Crippen molar-refractivity contribution >= 4 is 35.0 Å². The number of thioether (sulfide) groups is 1. The van der Waals surface area contributed by atoms with E-state index in [9.17, 15) is 19.2 Å². The molecular formula is C17H28O8S. The maximum Gasteiger partial charge on any atom is 0.370 e. The molecule has 0 aliphatic rings. The number of esters is 3. The van der Waals surface area contributed by atoms with Crippen molar-refractivity contribution in [2.75, 3.05) is 5.75 Å². The zero-order valence-corrected chi connectivity index (χ0v) is 16.9. The highest BCUT2D eigenvalue weighted by atomic mass is 32.2. The third kappa shape index (κ3) is 11.7. The fraction of sp³-hybridized carbons (Fsp3) is 0.765. The van der Waals surface area contributed by atoms with Gasteiger partial charge in [0.15, 0.2) is 0 Å². The zero-order chi connectivity index (χ0) is 20.3. The summed E-state index contributed by atoms with van der Waals surface area (Å²) in [6, 6.07) is 0. The molecule has 2 atom stereocenters. The van der Waals surface area contributed by atoms with Gasteiger partial charge >= 0.3 is 23.2 Å². The molecule has 8 nitrogen and oxygen atoms in total. The van der Waals surface area contributed by atoms with Gasteiger partial charge < -0.3 is 18.9 Å². The van der Waals surface area contributed by atoms with Crippen molar-refractivity contribution in [3.63, 3.8) is 0 Å². The molecule has 0 heterocycles. The average molecular weight is 392 g/mol. The first-order valence-electron chi connectivity index (χ1n) is 8.46. The maximum absolute atomic E-state index is 11.6. The number of rotatable bonds is 10. The van der Waals surface area contributed by atoms with Crippen molar-refractivity contribution in [2.45, 2.75) is 67.0 Å². The normalized spacial score (nSPS) is 13.1. The first-order valence-corrected chi connectivity index (χ1v) is 9.45. The van der Waals surface area contributed by atoms with Gasteiger partial charge in [-0.15, -0.1) is 0 Å². The van der Waals surface area contributed by atoms with Crippen LogP contribution < -0.4 is 0 Å². The predicted octanol–water partition coefficient (Wildman–Crippen LogP) is 3.27. The van der Waals surface area contributed by atoms with Crippen LogP contribution in [0.4, 0.5) is 4.79 Å². The van der Waals surface area contributed by atoms with E-state index < -0.39 is 35.8 Å². The van der Waals surface area contributed by atoms with E-state index >= 15 is 0 Å². The summed E-state index contributed by atoms with van der Waals surface area (Å²) in [6.07, 6.45) is -1.47. The summed E-state index contributed by atoms with van der Waals surface area (Å²) in [7, 11) is 0. The molecule has 26 heavy (non-hydrogen) atoms. The summed E-state index contributed by atoms with van der Waals surface area (Å²) >= 11 is 0.870. The second-order valence-corrected chi connectivity index (χ2v) is 7.16. The molecule has 0 fully saturated rings. The van der Waals surface area contributed by atoms with Crippen LogP contribution in [-0.2, 0) is 33.3 Å². The molecule has 9 heteroatoms. The molecule has 0 aromatic heterocycles. The van der Waals surface area contributed by atoms with Crippen LogP contribution in [0.5, 0.6) is 0 Å². The van der Waals surface area contributed by atoms with E-state index in [-0.39, 0.29) is 18.3 Å². The average Bonchev–Trinajstić information content (AvgIpc) is 2.50. The minimum atomic E-state index is -0.966. The predicted molar refractivity (Wildman–Crippen MR) is 95.0 cm³/mol. The molecule has 0 radical (unpaired) electrons. The van der Waals surface area contributed by atoms with E-state index in [1.54, 1.807) is 27.7 Å². The molecule has 0 aromatic carbocycles. The largest absolute Gasteiger partial charge is 0.425 e. The lowest BCUT2D eigenvalue weighted by Crippen LogP contribution is -2.24.